The summed E-state index contributed by atoms with van der Waals surface area (Å²) in [4.78, 5) is 12.1. The van der Waals surface area contributed by atoms with Crippen molar-refractivity contribution in [3.63, 3.8) is 0 Å². The highest BCUT2D eigenvalue weighted by Gasteiger charge is 2.19. The van der Waals surface area contributed by atoms with Crippen LogP contribution in [0, 0.1) is 0 Å². The number of hydrogen-bond acceptors (Lipinski definition) is 6. The van der Waals surface area contributed by atoms with Crippen LogP contribution in [0.1, 0.15) is 23.7 Å². The van der Waals surface area contributed by atoms with Gasteiger partial charge in [-0.25, -0.2) is 17.9 Å². The normalized spacial score (nSPS) is 11.5. The highest BCUT2D eigenvalue weighted by Crippen LogP contribution is 2.22. The van der Waals surface area contributed by atoms with E-state index >= 15 is 0 Å². The van der Waals surface area contributed by atoms with Crippen molar-refractivity contribution >= 4 is 31.9 Å². The Morgan fingerprint density at radius 2 is 2.00 bits per heavy atom. The van der Waals surface area contributed by atoms with Crippen LogP contribution < -0.4 is 4.72 Å². The van der Waals surface area contributed by atoms with E-state index in [9.17, 15) is 13.2 Å². The van der Waals surface area contributed by atoms with Crippen LogP contribution in [0.15, 0.2) is 27.6 Å². The van der Waals surface area contributed by atoms with Crippen molar-refractivity contribution in [1.29, 1.82) is 0 Å². The van der Waals surface area contributed by atoms with Gasteiger partial charge in [-0.3, -0.25) is 0 Å². The molecule has 0 atom stereocenters. The molecule has 136 valence electrons. The molecule has 24 heavy (non-hydrogen) atoms. The summed E-state index contributed by atoms with van der Waals surface area (Å²) in [7, 11) is -2.24. The number of hydrogen-bond donors (Lipinski definition) is 1. The number of halogens is 1. The number of carbonyl (C=O) groups is 1. The van der Waals surface area contributed by atoms with Crippen LogP contribution in [0.2, 0.25) is 0 Å². The van der Waals surface area contributed by atoms with Gasteiger partial charge in [-0.2, -0.15) is 0 Å². The molecule has 0 saturated carbocycles. The van der Waals surface area contributed by atoms with Gasteiger partial charge in [0.1, 0.15) is 0 Å². The lowest BCUT2D eigenvalue weighted by molar-refractivity contribution is 0.0451. The van der Waals surface area contributed by atoms with Crippen LogP contribution in [0.4, 0.5) is 0 Å². The van der Waals surface area contributed by atoms with Crippen molar-refractivity contribution in [3.05, 3.63) is 28.2 Å². The molecule has 9 heteroatoms. The van der Waals surface area contributed by atoms with Gasteiger partial charge in [-0.1, -0.05) is 0 Å². The SMILES string of the molecule is CCOCCCOC(=O)c1cc(S(=O)(=O)NCCOC)ccc1Br. The summed E-state index contributed by atoms with van der Waals surface area (Å²) in [5.74, 6) is -0.590. The second-order valence-corrected chi connectivity index (χ2v) is 7.34. The maximum atomic E-state index is 12.2. The Kier molecular flexibility index (Phi) is 9.45. The quantitative estimate of drug-likeness (QED) is 0.432. The predicted octanol–water partition coefficient (Wildman–Crippen LogP) is 1.96. The second-order valence-electron chi connectivity index (χ2n) is 4.72. The minimum Gasteiger partial charge on any atom is -0.462 e. The highest BCUT2D eigenvalue weighted by molar-refractivity contribution is 9.10. The molecule has 0 amide bonds. The summed E-state index contributed by atoms with van der Waals surface area (Å²) in [5, 5.41) is 0. The summed E-state index contributed by atoms with van der Waals surface area (Å²) in [6.45, 7) is 3.60. The highest BCUT2D eigenvalue weighted by atomic mass is 79.9. The van der Waals surface area contributed by atoms with Crippen LogP contribution in [0.5, 0.6) is 0 Å². The van der Waals surface area contributed by atoms with Crippen LogP contribution in [-0.4, -0.2) is 54.5 Å². The zero-order valence-corrected chi connectivity index (χ0v) is 16.1. The lowest BCUT2D eigenvalue weighted by Gasteiger charge is -2.10. The molecule has 0 unspecified atom stereocenters. The van der Waals surface area contributed by atoms with E-state index in [1.165, 1.54) is 25.3 Å². The molecule has 0 spiro atoms. The molecule has 1 aromatic rings. The molecule has 1 aromatic carbocycles. The third-order valence-corrected chi connectivity index (χ3v) is 5.09. The first kappa shape index (κ1) is 21.0. The Labute approximate surface area is 150 Å². The summed E-state index contributed by atoms with van der Waals surface area (Å²) in [6.07, 6.45) is 0.577. The van der Waals surface area contributed by atoms with E-state index < -0.39 is 16.0 Å². The third kappa shape index (κ3) is 6.86. The number of nitrogens with one attached hydrogen (secondary N) is 1. The Bertz CT molecular complexity index is 635. The first-order valence-corrected chi connectivity index (χ1v) is 9.73. The Balaban J connectivity index is 2.76. The standard InChI is InChI=1S/C15H22BrNO6S/c1-3-22-8-4-9-23-15(18)13-11-12(5-6-14(13)16)24(19,20)17-7-10-21-2/h5-6,11,17H,3-4,7-10H2,1-2H3. The van der Waals surface area contributed by atoms with Crippen molar-refractivity contribution in [3.8, 4) is 0 Å². The van der Waals surface area contributed by atoms with E-state index in [2.05, 4.69) is 20.7 Å². The monoisotopic (exact) mass is 423 g/mol. The van der Waals surface area contributed by atoms with Gasteiger partial charge in [-0.05, 0) is 41.1 Å². The number of carbonyl (C=O) groups excluding carboxylic acids is 1. The number of rotatable bonds is 11. The van der Waals surface area contributed by atoms with Crippen molar-refractivity contribution < 1.29 is 27.4 Å². The lowest BCUT2D eigenvalue weighted by atomic mass is 10.2. The molecule has 0 bridgehead atoms. The number of methoxy groups -OCH3 is 1. The van der Waals surface area contributed by atoms with E-state index in [0.717, 1.165) is 0 Å². The number of ether oxygens (including phenoxy) is 3. The molecule has 0 aliphatic heterocycles. The van der Waals surface area contributed by atoms with Gasteiger partial charge in [-0.15, -0.1) is 0 Å². The van der Waals surface area contributed by atoms with Gasteiger partial charge in [0.2, 0.25) is 10.0 Å². The fourth-order valence-corrected chi connectivity index (χ4v) is 3.18. The molecule has 0 fully saturated rings. The van der Waals surface area contributed by atoms with Crippen molar-refractivity contribution in [2.24, 2.45) is 0 Å². The Morgan fingerprint density at radius 1 is 1.25 bits per heavy atom. The minimum atomic E-state index is -3.72. The van der Waals surface area contributed by atoms with E-state index in [-0.39, 0.29) is 30.2 Å². The van der Waals surface area contributed by atoms with Gasteiger partial charge in [0.15, 0.2) is 0 Å². The molecular formula is C15H22BrNO6S. The Morgan fingerprint density at radius 3 is 2.67 bits per heavy atom. The predicted molar refractivity (Wildman–Crippen MR) is 92.6 cm³/mol. The van der Waals surface area contributed by atoms with Gasteiger partial charge in [0, 0.05) is 37.8 Å². The molecular weight excluding hydrogens is 402 g/mol. The van der Waals surface area contributed by atoms with E-state index in [0.29, 0.717) is 24.1 Å². The van der Waals surface area contributed by atoms with Crippen LogP contribution in [0.3, 0.4) is 0 Å². The first-order chi connectivity index (χ1) is 11.4. The minimum absolute atomic E-state index is 0.0110. The van der Waals surface area contributed by atoms with Gasteiger partial charge >= 0.3 is 5.97 Å². The number of sulfonamides is 1. The summed E-state index contributed by atoms with van der Waals surface area (Å²) in [6, 6.07) is 4.19. The van der Waals surface area contributed by atoms with Crippen LogP contribution >= 0.6 is 15.9 Å². The van der Waals surface area contributed by atoms with Gasteiger partial charge < -0.3 is 14.2 Å². The molecule has 0 aromatic heterocycles. The molecule has 0 heterocycles. The summed E-state index contributed by atoms with van der Waals surface area (Å²) in [5.41, 5.74) is 0.154. The summed E-state index contributed by atoms with van der Waals surface area (Å²) < 4.78 is 42.3. The summed E-state index contributed by atoms with van der Waals surface area (Å²) >= 11 is 3.23. The van der Waals surface area contributed by atoms with Crippen molar-refractivity contribution in [1.82, 2.24) is 4.72 Å². The average Bonchev–Trinajstić information content (AvgIpc) is 2.54. The fraction of sp³-hybridized carbons (Fsp3) is 0.533. The smallest absolute Gasteiger partial charge is 0.339 e. The van der Waals surface area contributed by atoms with Gasteiger partial charge in [0.25, 0.3) is 0 Å². The second kappa shape index (κ2) is 10.8. The fourth-order valence-electron chi connectivity index (χ4n) is 1.74. The van der Waals surface area contributed by atoms with Crippen molar-refractivity contribution in [2.45, 2.75) is 18.2 Å². The maximum absolute atomic E-state index is 12.2. The third-order valence-electron chi connectivity index (χ3n) is 2.94. The van der Waals surface area contributed by atoms with Crippen LogP contribution in [-0.2, 0) is 24.2 Å². The van der Waals surface area contributed by atoms with E-state index in [4.69, 9.17) is 14.2 Å². The molecule has 1 rings (SSSR count). The Hall–Kier alpha value is -1.00. The lowest BCUT2D eigenvalue weighted by Crippen LogP contribution is -2.27. The maximum Gasteiger partial charge on any atom is 0.339 e. The van der Waals surface area contributed by atoms with Crippen molar-refractivity contribution in [2.75, 3.05) is 40.1 Å². The number of benzene rings is 1. The van der Waals surface area contributed by atoms with Gasteiger partial charge in [0.05, 0.1) is 23.7 Å². The van der Waals surface area contributed by atoms with E-state index in [1.54, 1.807) is 0 Å². The molecule has 0 aliphatic rings. The molecule has 0 radical (unpaired) electrons. The zero-order chi connectivity index (χ0) is 18.0. The average molecular weight is 424 g/mol. The topological polar surface area (TPSA) is 90.9 Å². The molecule has 7 nitrogen and oxygen atoms in total. The molecule has 0 saturated heterocycles. The van der Waals surface area contributed by atoms with Crippen LogP contribution in [0.25, 0.3) is 0 Å². The zero-order valence-electron chi connectivity index (χ0n) is 13.7. The largest absolute Gasteiger partial charge is 0.462 e. The molecule has 1 N–H and O–H groups in total. The molecule has 0 aliphatic carbocycles. The van der Waals surface area contributed by atoms with E-state index in [1.807, 2.05) is 6.92 Å². The first-order valence-electron chi connectivity index (χ1n) is 7.45. The number of esters is 1.